The van der Waals surface area contributed by atoms with Crippen LogP contribution in [0.25, 0.3) is 0 Å². The highest BCUT2D eigenvalue weighted by Crippen LogP contribution is 2.37. The van der Waals surface area contributed by atoms with Crippen LogP contribution in [0.3, 0.4) is 0 Å². The normalized spacial score (nSPS) is 19.9. The summed E-state index contributed by atoms with van der Waals surface area (Å²) in [5.41, 5.74) is -0.207. The van der Waals surface area contributed by atoms with E-state index in [1.807, 2.05) is 0 Å². The molecule has 138 valence electrons. The van der Waals surface area contributed by atoms with Gasteiger partial charge in [-0.15, -0.1) is 0 Å². The lowest BCUT2D eigenvalue weighted by Gasteiger charge is -2.45. The number of para-hydroxylation sites is 1. The van der Waals surface area contributed by atoms with E-state index in [0.717, 1.165) is 25.7 Å². The molecule has 2 fully saturated rings. The maximum absolute atomic E-state index is 13.0. The molecule has 1 aromatic rings. The van der Waals surface area contributed by atoms with Crippen LogP contribution in [-0.4, -0.2) is 49.8 Å². The third-order valence-electron chi connectivity index (χ3n) is 4.94. The van der Waals surface area contributed by atoms with Crippen molar-refractivity contribution in [3.63, 3.8) is 0 Å². The molecular formula is C18H23F2NO4. The van der Waals surface area contributed by atoms with Gasteiger partial charge in [-0.1, -0.05) is 25.3 Å². The third kappa shape index (κ3) is 3.86. The SMILES string of the molecule is COc1cccc(C(=O)N2CCOC3(CCCCC3)C2)c1OC(F)F. The molecule has 0 atom stereocenters. The molecule has 0 unspecified atom stereocenters. The molecule has 1 aromatic carbocycles. The zero-order valence-electron chi connectivity index (χ0n) is 14.3. The maximum Gasteiger partial charge on any atom is 0.387 e. The summed E-state index contributed by atoms with van der Waals surface area (Å²) in [6.07, 6.45) is 5.20. The molecule has 25 heavy (non-hydrogen) atoms. The smallest absolute Gasteiger partial charge is 0.387 e. The second-order valence-electron chi connectivity index (χ2n) is 6.53. The predicted octanol–water partition coefficient (Wildman–Crippen LogP) is 3.47. The lowest BCUT2D eigenvalue weighted by atomic mass is 9.83. The number of carbonyl (C=O) groups is 1. The van der Waals surface area contributed by atoms with E-state index in [9.17, 15) is 13.6 Å². The molecule has 0 aromatic heterocycles. The van der Waals surface area contributed by atoms with Crippen molar-refractivity contribution in [1.82, 2.24) is 4.90 Å². The van der Waals surface area contributed by atoms with Crippen LogP contribution < -0.4 is 9.47 Å². The highest BCUT2D eigenvalue weighted by atomic mass is 19.3. The Morgan fingerprint density at radius 1 is 1.28 bits per heavy atom. The quantitative estimate of drug-likeness (QED) is 0.830. The van der Waals surface area contributed by atoms with Gasteiger partial charge in [0.25, 0.3) is 5.91 Å². The van der Waals surface area contributed by atoms with Gasteiger partial charge in [0.05, 0.1) is 31.4 Å². The number of carbonyl (C=O) groups excluding carboxylic acids is 1. The molecule has 1 amide bonds. The molecule has 2 aliphatic rings. The molecule has 1 heterocycles. The van der Waals surface area contributed by atoms with E-state index in [2.05, 4.69) is 4.74 Å². The number of amides is 1. The molecule has 0 radical (unpaired) electrons. The van der Waals surface area contributed by atoms with E-state index < -0.39 is 6.61 Å². The Morgan fingerprint density at radius 2 is 2.04 bits per heavy atom. The Kier molecular flexibility index (Phi) is 5.42. The maximum atomic E-state index is 13.0. The van der Waals surface area contributed by atoms with Gasteiger partial charge in [0.15, 0.2) is 11.5 Å². The van der Waals surface area contributed by atoms with Gasteiger partial charge in [0, 0.05) is 6.54 Å². The minimum atomic E-state index is -3.03. The molecule has 1 aliphatic heterocycles. The summed E-state index contributed by atoms with van der Waals surface area (Å²) in [4.78, 5) is 14.7. The molecule has 0 bridgehead atoms. The largest absolute Gasteiger partial charge is 0.493 e. The van der Waals surface area contributed by atoms with Crippen molar-refractivity contribution in [3.05, 3.63) is 23.8 Å². The Hall–Kier alpha value is -1.89. The zero-order chi connectivity index (χ0) is 17.9. The first kappa shape index (κ1) is 17.9. The van der Waals surface area contributed by atoms with Crippen molar-refractivity contribution in [1.29, 1.82) is 0 Å². The van der Waals surface area contributed by atoms with Gasteiger partial charge >= 0.3 is 6.61 Å². The average Bonchev–Trinajstić information content (AvgIpc) is 2.61. The van der Waals surface area contributed by atoms with Crippen molar-refractivity contribution < 1.29 is 27.8 Å². The van der Waals surface area contributed by atoms with Crippen molar-refractivity contribution >= 4 is 5.91 Å². The fraction of sp³-hybridized carbons (Fsp3) is 0.611. The first-order chi connectivity index (χ1) is 12.0. The molecule has 1 saturated heterocycles. The Balaban J connectivity index is 1.84. The van der Waals surface area contributed by atoms with Gasteiger partial charge in [0.1, 0.15) is 0 Å². The summed E-state index contributed by atoms with van der Waals surface area (Å²) < 4.78 is 41.2. The number of benzene rings is 1. The number of hydrogen-bond donors (Lipinski definition) is 0. The highest BCUT2D eigenvalue weighted by molar-refractivity contribution is 5.98. The Bertz CT molecular complexity index is 612. The van der Waals surface area contributed by atoms with Crippen LogP contribution in [0.2, 0.25) is 0 Å². The van der Waals surface area contributed by atoms with Crippen LogP contribution in [0.4, 0.5) is 8.78 Å². The standard InChI is InChI=1S/C18H23F2NO4/c1-23-14-7-5-6-13(15(14)25-17(19)20)16(22)21-10-11-24-18(12-21)8-3-2-4-9-18/h5-7,17H,2-4,8-12H2,1H3. The van der Waals surface area contributed by atoms with Crippen molar-refractivity contribution in [3.8, 4) is 11.5 Å². The average molecular weight is 355 g/mol. The van der Waals surface area contributed by atoms with Crippen LogP contribution in [0.15, 0.2) is 18.2 Å². The summed E-state index contributed by atoms with van der Waals surface area (Å²) in [7, 11) is 1.35. The Labute approximate surface area is 145 Å². The number of hydrogen-bond acceptors (Lipinski definition) is 4. The van der Waals surface area contributed by atoms with Crippen LogP contribution in [0, 0.1) is 0 Å². The van der Waals surface area contributed by atoms with Gasteiger partial charge in [0.2, 0.25) is 0 Å². The first-order valence-corrected chi connectivity index (χ1v) is 8.60. The number of morpholine rings is 1. The zero-order valence-corrected chi connectivity index (χ0v) is 14.3. The molecule has 0 N–H and O–H groups in total. The summed E-state index contributed by atoms with van der Waals surface area (Å²) in [5, 5.41) is 0. The summed E-state index contributed by atoms with van der Waals surface area (Å²) in [5.74, 6) is -0.427. The molecule has 1 aliphatic carbocycles. The second-order valence-corrected chi connectivity index (χ2v) is 6.53. The monoisotopic (exact) mass is 355 g/mol. The second kappa shape index (κ2) is 7.56. The number of halogens is 2. The third-order valence-corrected chi connectivity index (χ3v) is 4.94. The van der Waals surface area contributed by atoms with Gasteiger partial charge in [-0.25, -0.2) is 0 Å². The van der Waals surface area contributed by atoms with Crippen molar-refractivity contribution in [2.45, 2.75) is 44.3 Å². The van der Waals surface area contributed by atoms with E-state index in [0.29, 0.717) is 19.7 Å². The number of alkyl halides is 2. The van der Waals surface area contributed by atoms with Gasteiger partial charge in [-0.05, 0) is 25.0 Å². The fourth-order valence-electron chi connectivity index (χ4n) is 3.74. The first-order valence-electron chi connectivity index (χ1n) is 8.60. The number of nitrogens with zero attached hydrogens (tertiary/aromatic N) is 1. The van der Waals surface area contributed by atoms with Gasteiger partial charge in [-0.3, -0.25) is 4.79 Å². The molecule has 3 rings (SSSR count). The number of rotatable bonds is 4. The fourth-order valence-corrected chi connectivity index (χ4v) is 3.74. The molecule has 1 spiro atoms. The number of methoxy groups -OCH3 is 1. The van der Waals surface area contributed by atoms with E-state index in [1.54, 1.807) is 11.0 Å². The van der Waals surface area contributed by atoms with E-state index in [1.165, 1.54) is 25.7 Å². The highest BCUT2D eigenvalue weighted by Gasteiger charge is 2.40. The van der Waals surface area contributed by atoms with Gasteiger partial charge in [-0.2, -0.15) is 8.78 Å². The van der Waals surface area contributed by atoms with Crippen LogP contribution >= 0.6 is 0 Å². The molecular weight excluding hydrogens is 332 g/mol. The predicted molar refractivity (Wildman–Crippen MR) is 87.3 cm³/mol. The summed E-state index contributed by atoms with van der Waals surface area (Å²) >= 11 is 0. The minimum Gasteiger partial charge on any atom is -0.493 e. The Morgan fingerprint density at radius 3 is 2.72 bits per heavy atom. The lowest BCUT2D eigenvalue weighted by molar-refractivity contribution is -0.118. The van der Waals surface area contributed by atoms with Crippen molar-refractivity contribution in [2.75, 3.05) is 26.8 Å². The summed E-state index contributed by atoms with van der Waals surface area (Å²) in [6, 6.07) is 4.59. The molecule has 1 saturated carbocycles. The number of ether oxygens (including phenoxy) is 3. The van der Waals surface area contributed by atoms with E-state index in [4.69, 9.17) is 9.47 Å². The van der Waals surface area contributed by atoms with E-state index >= 15 is 0 Å². The van der Waals surface area contributed by atoms with E-state index in [-0.39, 0.29) is 28.6 Å². The topological polar surface area (TPSA) is 48.0 Å². The minimum absolute atomic E-state index is 0.0903. The van der Waals surface area contributed by atoms with Gasteiger partial charge < -0.3 is 19.1 Å². The molecule has 7 heteroatoms. The van der Waals surface area contributed by atoms with Crippen LogP contribution in [0.1, 0.15) is 42.5 Å². The summed E-state index contributed by atoms with van der Waals surface area (Å²) in [6.45, 7) is -1.65. The van der Waals surface area contributed by atoms with Crippen LogP contribution in [-0.2, 0) is 4.74 Å². The molecule has 5 nitrogen and oxygen atoms in total. The van der Waals surface area contributed by atoms with Crippen molar-refractivity contribution in [2.24, 2.45) is 0 Å². The lowest BCUT2D eigenvalue weighted by Crippen LogP contribution is -2.54. The van der Waals surface area contributed by atoms with Crippen LogP contribution in [0.5, 0.6) is 11.5 Å².